The maximum atomic E-state index is 14.0. The molecule has 3 rings (SSSR count). The standard InChI is InChI=1S/C24H30N4O6S/c1-4-25(23(30)31)12-14-27(15-13-26(5-2)24(32)33)22(29)28-18-8-6-7-9-20(18)35-21-11-10-17(34-3)16-19(21)28/h6-11,16H,4-5,12-15H2,1-3H3,(H,30,31)(H,32,33). The normalized spacial score (nSPS) is 11.8. The Labute approximate surface area is 208 Å². The van der Waals surface area contributed by atoms with Crippen LogP contribution in [0.25, 0.3) is 0 Å². The van der Waals surface area contributed by atoms with Crippen LogP contribution in [-0.4, -0.2) is 89.5 Å². The summed E-state index contributed by atoms with van der Waals surface area (Å²) in [5.74, 6) is 0.596. The second kappa shape index (κ2) is 11.7. The van der Waals surface area contributed by atoms with E-state index in [1.807, 2.05) is 36.4 Å². The number of nitrogens with zero attached hydrogens (tertiary/aromatic N) is 4. The minimum atomic E-state index is -1.07. The summed E-state index contributed by atoms with van der Waals surface area (Å²) in [6.45, 7) is 4.43. The molecule has 1 aliphatic rings. The number of urea groups is 1. The van der Waals surface area contributed by atoms with E-state index < -0.39 is 12.2 Å². The van der Waals surface area contributed by atoms with Crippen LogP contribution in [0.4, 0.5) is 25.8 Å². The predicted molar refractivity (Wildman–Crippen MR) is 133 cm³/mol. The Kier molecular flexibility index (Phi) is 8.69. The molecule has 0 bridgehead atoms. The van der Waals surface area contributed by atoms with E-state index in [4.69, 9.17) is 4.74 Å². The van der Waals surface area contributed by atoms with E-state index in [2.05, 4.69) is 0 Å². The molecule has 2 aromatic rings. The Bertz CT molecular complexity index is 1060. The summed E-state index contributed by atoms with van der Waals surface area (Å²) in [6.07, 6.45) is -2.15. The van der Waals surface area contributed by atoms with Gasteiger partial charge in [0, 0.05) is 55.1 Å². The number of benzene rings is 2. The Hall–Kier alpha value is -3.60. The van der Waals surface area contributed by atoms with Gasteiger partial charge >= 0.3 is 18.2 Å². The number of para-hydroxylation sites is 1. The fourth-order valence-electron chi connectivity index (χ4n) is 3.77. The zero-order valence-electron chi connectivity index (χ0n) is 20.0. The lowest BCUT2D eigenvalue weighted by Gasteiger charge is -2.36. The highest BCUT2D eigenvalue weighted by atomic mass is 32.2. The molecular formula is C24H30N4O6S. The number of hydrogen-bond acceptors (Lipinski definition) is 5. The van der Waals surface area contributed by atoms with Crippen molar-refractivity contribution in [3.8, 4) is 5.75 Å². The first-order valence-corrected chi connectivity index (χ1v) is 12.1. The zero-order valence-corrected chi connectivity index (χ0v) is 20.8. The number of methoxy groups -OCH3 is 1. The molecule has 0 atom stereocenters. The summed E-state index contributed by atoms with van der Waals surface area (Å²) in [5.41, 5.74) is 1.35. The van der Waals surface area contributed by atoms with Crippen molar-refractivity contribution in [2.24, 2.45) is 0 Å². The molecule has 2 N–H and O–H groups in total. The number of rotatable bonds is 9. The number of fused-ring (bicyclic) bond motifs is 2. The molecule has 35 heavy (non-hydrogen) atoms. The van der Waals surface area contributed by atoms with Gasteiger partial charge in [-0.15, -0.1) is 0 Å². The number of carbonyl (C=O) groups excluding carboxylic acids is 1. The topological polar surface area (TPSA) is 114 Å². The number of anilines is 2. The molecule has 10 nitrogen and oxygen atoms in total. The molecule has 11 heteroatoms. The molecule has 0 unspecified atom stereocenters. The third-order valence-electron chi connectivity index (χ3n) is 5.78. The number of ether oxygens (including phenoxy) is 1. The van der Waals surface area contributed by atoms with Crippen LogP contribution in [0, 0.1) is 0 Å². The molecule has 1 heterocycles. The fraction of sp³-hybridized carbons (Fsp3) is 0.375. The van der Waals surface area contributed by atoms with E-state index in [1.54, 1.807) is 43.7 Å². The van der Waals surface area contributed by atoms with E-state index in [1.165, 1.54) is 14.7 Å². The average Bonchev–Trinajstić information content (AvgIpc) is 2.85. The third-order valence-corrected chi connectivity index (χ3v) is 6.91. The highest BCUT2D eigenvalue weighted by molar-refractivity contribution is 7.99. The molecule has 0 saturated heterocycles. The molecule has 2 aromatic carbocycles. The van der Waals surface area contributed by atoms with Gasteiger partial charge in [0.15, 0.2) is 0 Å². The number of carbonyl (C=O) groups is 3. The third kappa shape index (κ3) is 5.91. The summed E-state index contributed by atoms with van der Waals surface area (Å²) in [5, 5.41) is 18.9. The molecular weight excluding hydrogens is 472 g/mol. The summed E-state index contributed by atoms with van der Waals surface area (Å²) < 4.78 is 5.39. The Morgan fingerprint density at radius 3 is 1.91 bits per heavy atom. The highest BCUT2D eigenvalue weighted by Gasteiger charge is 2.32. The highest BCUT2D eigenvalue weighted by Crippen LogP contribution is 2.49. The molecule has 188 valence electrons. The van der Waals surface area contributed by atoms with Gasteiger partial charge in [-0.2, -0.15) is 0 Å². The quantitative estimate of drug-likeness (QED) is 0.510. The minimum Gasteiger partial charge on any atom is -0.497 e. The van der Waals surface area contributed by atoms with Crippen LogP contribution in [0.3, 0.4) is 0 Å². The van der Waals surface area contributed by atoms with Gasteiger partial charge in [0.1, 0.15) is 5.75 Å². The van der Waals surface area contributed by atoms with Crippen molar-refractivity contribution in [1.82, 2.24) is 14.7 Å². The van der Waals surface area contributed by atoms with Crippen LogP contribution in [0.15, 0.2) is 52.3 Å². The molecule has 0 spiro atoms. The van der Waals surface area contributed by atoms with E-state index >= 15 is 0 Å². The maximum Gasteiger partial charge on any atom is 0.407 e. The van der Waals surface area contributed by atoms with Crippen molar-refractivity contribution in [2.75, 3.05) is 51.3 Å². The van der Waals surface area contributed by atoms with E-state index in [0.29, 0.717) is 17.1 Å². The second-order valence-corrected chi connectivity index (χ2v) is 8.82. The van der Waals surface area contributed by atoms with E-state index in [-0.39, 0.29) is 45.3 Å². The summed E-state index contributed by atoms with van der Waals surface area (Å²) in [4.78, 5) is 44.4. The fourth-order valence-corrected chi connectivity index (χ4v) is 4.81. The van der Waals surface area contributed by atoms with Gasteiger partial charge in [-0.3, -0.25) is 4.90 Å². The first-order chi connectivity index (χ1) is 16.8. The monoisotopic (exact) mass is 502 g/mol. The Morgan fingerprint density at radius 1 is 0.829 bits per heavy atom. The van der Waals surface area contributed by atoms with Gasteiger partial charge in [-0.25, -0.2) is 14.4 Å². The number of carboxylic acid groups (broad SMARTS) is 2. The Morgan fingerprint density at radius 2 is 1.37 bits per heavy atom. The second-order valence-electron chi connectivity index (χ2n) is 7.73. The van der Waals surface area contributed by atoms with Crippen LogP contribution >= 0.6 is 11.8 Å². The molecule has 0 radical (unpaired) electrons. The molecule has 0 aliphatic carbocycles. The van der Waals surface area contributed by atoms with Crippen LogP contribution in [-0.2, 0) is 0 Å². The predicted octanol–water partition coefficient (Wildman–Crippen LogP) is 4.72. The van der Waals surface area contributed by atoms with Gasteiger partial charge in [0.05, 0.1) is 18.5 Å². The smallest absolute Gasteiger partial charge is 0.407 e. The van der Waals surface area contributed by atoms with Gasteiger partial charge in [-0.1, -0.05) is 23.9 Å². The van der Waals surface area contributed by atoms with Crippen LogP contribution in [0.2, 0.25) is 0 Å². The summed E-state index contributed by atoms with van der Waals surface area (Å²) in [6, 6.07) is 12.7. The lowest BCUT2D eigenvalue weighted by atomic mass is 10.2. The van der Waals surface area contributed by atoms with Crippen LogP contribution in [0.5, 0.6) is 5.75 Å². The van der Waals surface area contributed by atoms with Crippen LogP contribution in [0.1, 0.15) is 13.8 Å². The molecule has 4 amide bonds. The lowest BCUT2D eigenvalue weighted by molar-refractivity contribution is 0.132. The average molecular weight is 503 g/mol. The van der Waals surface area contributed by atoms with Crippen molar-refractivity contribution in [2.45, 2.75) is 23.6 Å². The largest absolute Gasteiger partial charge is 0.497 e. The number of amides is 4. The van der Waals surface area contributed by atoms with Gasteiger partial charge in [0.25, 0.3) is 0 Å². The summed E-state index contributed by atoms with van der Waals surface area (Å²) >= 11 is 1.55. The van der Waals surface area contributed by atoms with Crippen molar-refractivity contribution in [1.29, 1.82) is 0 Å². The molecule has 0 fully saturated rings. The van der Waals surface area contributed by atoms with Gasteiger partial charge in [0.2, 0.25) is 0 Å². The number of hydrogen-bond donors (Lipinski definition) is 2. The SMILES string of the molecule is CCN(CCN(CCN(CC)C(=O)O)C(=O)N1c2ccccc2Sc2ccc(OC)cc21)C(=O)O. The first kappa shape index (κ1) is 26.0. The molecule has 1 aliphatic heterocycles. The van der Waals surface area contributed by atoms with Crippen molar-refractivity contribution in [3.63, 3.8) is 0 Å². The maximum absolute atomic E-state index is 14.0. The van der Waals surface area contributed by atoms with E-state index in [0.717, 1.165) is 9.79 Å². The van der Waals surface area contributed by atoms with Crippen molar-refractivity contribution >= 4 is 41.4 Å². The van der Waals surface area contributed by atoms with Crippen molar-refractivity contribution in [3.05, 3.63) is 42.5 Å². The lowest BCUT2D eigenvalue weighted by Crippen LogP contribution is -2.49. The van der Waals surface area contributed by atoms with Gasteiger partial charge < -0.3 is 29.6 Å². The summed E-state index contributed by atoms with van der Waals surface area (Å²) in [7, 11) is 1.56. The van der Waals surface area contributed by atoms with Crippen molar-refractivity contribution < 1.29 is 29.3 Å². The van der Waals surface area contributed by atoms with Crippen LogP contribution < -0.4 is 9.64 Å². The molecule has 0 saturated carbocycles. The minimum absolute atomic E-state index is 0.103. The van der Waals surface area contributed by atoms with E-state index in [9.17, 15) is 24.6 Å². The first-order valence-electron chi connectivity index (χ1n) is 11.3. The molecule has 0 aromatic heterocycles. The Balaban J connectivity index is 1.98. The zero-order chi connectivity index (χ0) is 25.5. The van der Waals surface area contributed by atoms with Gasteiger partial charge in [-0.05, 0) is 38.1 Å². The number of likely N-dealkylation sites (N-methyl/N-ethyl adjacent to an activating group) is 2.